The first kappa shape index (κ1) is 129. The Hall–Kier alpha value is -5.27. The van der Waals surface area contributed by atoms with Gasteiger partial charge in [0, 0.05) is 11.3 Å². The summed E-state index contributed by atoms with van der Waals surface area (Å²) in [4.78, 5) is 85.4. The van der Waals surface area contributed by atoms with Crippen LogP contribution in [0.4, 0.5) is 0 Å². The van der Waals surface area contributed by atoms with Gasteiger partial charge in [0.05, 0.1) is 44.5 Å². The molecular formula is C122H218O14. The SMILES string of the molecule is CCC(C)(C)C(=O)OC1C(C(C)C)CCCC1C(C)C.CCC(C)(C)C(=O)OC1C(C)CC(C)CC1C(C)(C)C.CCC(C)(C)C(=O)OC1CC2CCC1(C)C2(C)C.CCC(C)(C)C(=O)OC1CCC(C(C)(C)C(C)(C)C)CC1.CCC(C)(C)C(=O)OCc1ccc(C(C)(C)C)cc1.CCC(C)(C)C(=O)Oc1cc(C(C)(C)C)cc(C(C)(C)C)c1.CCCCC(CC)COC(=O)C(C)(C)CC. The maximum atomic E-state index is 12.5. The van der Waals surface area contributed by atoms with Gasteiger partial charge < -0.3 is 33.2 Å². The molecule has 14 heteroatoms. The van der Waals surface area contributed by atoms with E-state index in [1.165, 1.54) is 87.3 Å². The third-order valence-corrected chi connectivity index (χ3v) is 34.6. The molecule has 2 aromatic carbocycles. The molecule has 7 rings (SSSR count). The summed E-state index contributed by atoms with van der Waals surface area (Å²) >= 11 is 0. The van der Waals surface area contributed by atoms with Gasteiger partial charge in [0.25, 0.3) is 0 Å². The standard InChI is InChI=1S/C20H32O2.C19H36O2.2C18H34O2.C17H26O2.C16H28O2.C14H28O2/c1-10-20(8,9)17(21)22-16-12-14(18(2,3)4)11-15(13-16)19(5,6)7;1-9-18(5,6)16(20)21-15-12-10-14(11-13-15)19(7,8)17(2,3)4;1-9-18(7,8)16(19)20-15-13(3)10-12(2)11-14(15)17(4,5)6;1-8-18(6,7)17(19)20-16-14(12(2)3)10-9-11-15(16)13(4)5;1-7-17(5,6)15(18)19-12-13-8-10-14(11-9-13)16(2,3)4;1-7-14(2,3)13(17)18-12-10-11-8-9-16(12,6)15(11,4)5;1-6-9-10-12(7-2)11-16-13(15)14(4,5)8-3/h11-13H,10H2,1-9H3;14-15H,9-13H2,1-8H3;12-15H,9-11H2,1-8H3;12-16H,8-11H2,1-7H3;8-11H,7,12H2,1-6H3;11-12H,7-10H2,1-6H3;12H,6-11H2,1-5H3. The molecule has 0 aromatic heterocycles. The van der Waals surface area contributed by atoms with E-state index in [4.69, 9.17) is 33.2 Å². The fraction of sp³-hybridized carbons (Fsp3) is 0.844. The largest absolute Gasteiger partial charge is 0.465 e. The Morgan fingerprint density at radius 1 is 0.412 bits per heavy atom. The number of hydrogen-bond acceptors (Lipinski definition) is 14. The highest BCUT2D eigenvalue weighted by Gasteiger charge is 2.63. The monoisotopic (exact) mass is 1910 g/mol. The molecule has 136 heavy (non-hydrogen) atoms. The minimum atomic E-state index is -0.459. The Morgan fingerprint density at radius 2 is 0.794 bits per heavy atom. The van der Waals surface area contributed by atoms with Gasteiger partial charge in [-0.25, -0.2) is 0 Å². The maximum Gasteiger partial charge on any atom is 0.316 e. The van der Waals surface area contributed by atoms with Crippen molar-refractivity contribution in [1.29, 1.82) is 0 Å². The summed E-state index contributed by atoms with van der Waals surface area (Å²) in [6.07, 6.45) is 24.8. The Balaban J connectivity index is 0.000000795. The number of carbonyl (C=O) groups is 7. The summed E-state index contributed by atoms with van der Waals surface area (Å²) < 4.78 is 40.2. The topological polar surface area (TPSA) is 184 Å². The van der Waals surface area contributed by atoms with Gasteiger partial charge in [-0.2, -0.15) is 0 Å². The lowest BCUT2D eigenvalue weighted by Gasteiger charge is -2.47. The first-order valence-corrected chi connectivity index (χ1v) is 54.3. The number of hydrogen-bond donors (Lipinski definition) is 0. The summed E-state index contributed by atoms with van der Waals surface area (Å²) in [7, 11) is 0. The van der Waals surface area contributed by atoms with Crippen LogP contribution < -0.4 is 4.74 Å². The molecule has 5 saturated carbocycles. The molecule has 5 aliphatic carbocycles. The van der Waals surface area contributed by atoms with Crippen LogP contribution in [0.5, 0.6) is 5.75 Å². The molecule has 790 valence electrons. The average Bonchev–Trinajstić information content (AvgIpc) is 1.55. The van der Waals surface area contributed by atoms with Crippen LogP contribution >= 0.6 is 0 Å². The third kappa shape index (κ3) is 38.4. The lowest BCUT2D eigenvalue weighted by atomic mass is 9.58. The minimum absolute atomic E-state index is 0.0109. The van der Waals surface area contributed by atoms with Crippen LogP contribution in [-0.2, 0) is 84.8 Å². The van der Waals surface area contributed by atoms with Gasteiger partial charge in [0.2, 0.25) is 0 Å². The summed E-state index contributed by atoms with van der Waals surface area (Å²) in [5, 5.41) is 0. The molecule has 0 radical (unpaired) electrons. The van der Waals surface area contributed by atoms with Gasteiger partial charge in [-0.1, -0.05) is 298 Å². The Morgan fingerprint density at radius 3 is 1.15 bits per heavy atom. The molecule has 0 aliphatic heterocycles. The first-order valence-electron chi connectivity index (χ1n) is 54.3. The van der Waals surface area contributed by atoms with E-state index in [9.17, 15) is 33.6 Å². The van der Waals surface area contributed by atoms with E-state index in [1.54, 1.807) is 0 Å². The van der Waals surface area contributed by atoms with Crippen LogP contribution in [0.1, 0.15) is 509 Å². The molecule has 5 fully saturated rings. The van der Waals surface area contributed by atoms with E-state index in [1.807, 2.05) is 156 Å². The number of unbranched alkanes of at least 4 members (excludes halogenated alkanes) is 1. The summed E-state index contributed by atoms with van der Waals surface area (Å²) in [5.74, 6) is 6.07. The number of benzene rings is 2. The van der Waals surface area contributed by atoms with Crippen molar-refractivity contribution in [3.63, 3.8) is 0 Å². The van der Waals surface area contributed by atoms with Crippen molar-refractivity contribution < 1.29 is 66.7 Å². The Kier molecular flexibility index (Phi) is 50.0. The fourth-order valence-corrected chi connectivity index (χ4v) is 18.2. The predicted octanol–water partition coefficient (Wildman–Crippen LogP) is 34.2. The van der Waals surface area contributed by atoms with E-state index >= 15 is 0 Å². The van der Waals surface area contributed by atoms with Crippen molar-refractivity contribution in [2.75, 3.05) is 6.61 Å². The van der Waals surface area contributed by atoms with Crippen LogP contribution in [0.15, 0.2) is 42.5 Å². The van der Waals surface area contributed by atoms with E-state index in [-0.39, 0.29) is 120 Å². The molecule has 14 nitrogen and oxygen atoms in total. The van der Waals surface area contributed by atoms with Crippen LogP contribution in [0.25, 0.3) is 0 Å². The molecule has 0 amide bonds. The van der Waals surface area contributed by atoms with E-state index < -0.39 is 10.8 Å². The second kappa shape index (κ2) is 52.8. The molecular weight excluding hydrogens is 1690 g/mol. The average molecular weight is 1910 g/mol. The highest BCUT2D eigenvalue weighted by molar-refractivity contribution is 5.80. The van der Waals surface area contributed by atoms with Crippen LogP contribution in [0, 0.1) is 124 Å². The summed E-state index contributed by atoms with van der Waals surface area (Å²) in [6.45, 7) is 106. The van der Waals surface area contributed by atoms with E-state index in [2.05, 4.69) is 226 Å². The summed E-state index contributed by atoms with van der Waals surface area (Å²) in [6, 6.07) is 14.5. The van der Waals surface area contributed by atoms with Gasteiger partial charge in [0.15, 0.2) is 0 Å². The first-order chi connectivity index (χ1) is 61.7. The number of ether oxygens (including phenoxy) is 7. The highest BCUT2D eigenvalue weighted by Crippen LogP contribution is 2.66. The van der Waals surface area contributed by atoms with Crippen LogP contribution in [0.2, 0.25) is 0 Å². The van der Waals surface area contributed by atoms with Crippen LogP contribution in [0.3, 0.4) is 0 Å². The molecule has 2 aromatic rings. The highest BCUT2D eigenvalue weighted by atomic mass is 16.6. The van der Waals surface area contributed by atoms with Gasteiger partial charge in [-0.15, -0.1) is 0 Å². The second-order valence-electron chi connectivity index (χ2n) is 54.2. The van der Waals surface area contributed by atoms with Gasteiger partial charge in [0.1, 0.15) is 36.8 Å². The second-order valence-corrected chi connectivity index (χ2v) is 54.2. The molecule has 0 spiro atoms. The van der Waals surface area contributed by atoms with Crippen LogP contribution in [-0.4, -0.2) is 72.8 Å². The van der Waals surface area contributed by atoms with Crippen molar-refractivity contribution >= 4 is 41.8 Å². The van der Waals surface area contributed by atoms with Crippen molar-refractivity contribution in [3.8, 4) is 5.75 Å². The maximum absolute atomic E-state index is 12.5. The fourth-order valence-electron chi connectivity index (χ4n) is 18.2. The molecule has 0 N–H and O–H groups in total. The predicted molar refractivity (Wildman–Crippen MR) is 572 cm³/mol. The van der Waals surface area contributed by atoms with Gasteiger partial charge >= 0.3 is 41.8 Å². The van der Waals surface area contributed by atoms with Crippen molar-refractivity contribution in [2.24, 2.45) is 124 Å². The Labute approximate surface area is 839 Å². The number of rotatable bonds is 30. The number of carbonyl (C=O) groups excluding carboxylic acids is 7. The van der Waals surface area contributed by atoms with Gasteiger partial charge in [-0.3, -0.25) is 33.6 Å². The molecule has 2 bridgehead atoms. The smallest absolute Gasteiger partial charge is 0.316 e. The normalized spacial score (nSPS) is 23.1. The Bertz CT molecular complexity index is 3870. The molecule has 10 atom stereocenters. The molecule has 0 heterocycles. The van der Waals surface area contributed by atoms with E-state index in [0.29, 0.717) is 76.6 Å². The minimum Gasteiger partial charge on any atom is -0.465 e. The zero-order valence-electron chi connectivity index (χ0n) is 98.0. The zero-order valence-corrected chi connectivity index (χ0v) is 98.0. The van der Waals surface area contributed by atoms with Crippen molar-refractivity contribution in [3.05, 3.63) is 64.7 Å². The molecule has 5 aliphatic rings. The summed E-state index contributed by atoms with van der Waals surface area (Å²) in [5.41, 5.74) is 3.60. The molecule has 0 saturated heterocycles. The quantitative estimate of drug-likeness (QED) is 0.0409. The van der Waals surface area contributed by atoms with E-state index in [0.717, 1.165) is 100 Å². The number of esters is 7. The number of fused-ring (bicyclic) bond motifs is 2. The van der Waals surface area contributed by atoms with Gasteiger partial charge in [-0.05, 0) is 344 Å². The van der Waals surface area contributed by atoms with Crippen molar-refractivity contribution in [2.45, 2.75) is 534 Å². The lowest BCUT2D eigenvalue weighted by Crippen LogP contribution is -2.46. The molecule has 10 unspecified atom stereocenters. The zero-order chi connectivity index (χ0) is 106. The lowest BCUT2D eigenvalue weighted by molar-refractivity contribution is -0.173. The third-order valence-electron chi connectivity index (χ3n) is 34.6. The van der Waals surface area contributed by atoms with Crippen molar-refractivity contribution in [1.82, 2.24) is 0 Å².